The van der Waals surface area contributed by atoms with Gasteiger partial charge in [-0.15, -0.1) is 0 Å². The summed E-state index contributed by atoms with van der Waals surface area (Å²) in [6.45, 7) is 3.06. The molecule has 1 aliphatic rings. The van der Waals surface area contributed by atoms with Crippen molar-refractivity contribution in [1.82, 2.24) is 9.55 Å². The average molecular weight is 346 g/mol. The Labute approximate surface area is 155 Å². The van der Waals surface area contributed by atoms with Crippen LogP contribution in [0.1, 0.15) is 30.2 Å². The van der Waals surface area contributed by atoms with Gasteiger partial charge in [0.05, 0.1) is 12.9 Å². The van der Waals surface area contributed by atoms with Gasteiger partial charge in [-0.2, -0.15) is 0 Å². The van der Waals surface area contributed by atoms with Gasteiger partial charge in [-0.05, 0) is 29.9 Å². The molecule has 2 heterocycles. The van der Waals surface area contributed by atoms with Crippen molar-refractivity contribution in [2.24, 2.45) is 18.9 Å². The molecule has 0 aliphatic carbocycles. The van der Waals surface area contributed by atoms with E-state index in [1.807, 2.05) is 12.5 Å². The highest BCUT2D eigenvalue weighted by molar-refractivity contribution is 5.39. The summed E-state index contributed by atoms with van der Waals surface area (Å²) in [6.07, 6.45) is 5.94. The highest BCUT2D eigenvalue weighted by Crippen LogP contribution is 2.51. The third kappa shape index (κ3) is 2.77. The lowest BCUT2D eigenvalue weighted by Crippen LogP contribution is -2.36. The molecule has 3 nitrogen and oxygen atoms in total. The number of hydrogen-bond acceptors (Lipinski definition) is 2. The average Bonchev–Trinajstić information content (AvgIpc) is 3.27. The Morgan fingerprint density at radius 1 is 1.04 bits per heavy atom. The molecule has 2 aromatic carbocycles. The van der Waals surface area contributed by atoms with Gasteiger partial charge in [0.15, 0.2) is 0 Å². The van der Waals surface area contributed by atoms with E-state index in [1.54, 1.807) is 0 Å². The molecular weight excluding hydrogens is 320 g/mol. The van der Waals surface area contributed by atoms with Crippen molar-refractivity contribution < 1.29 is 4.74 Å². The van der Waals surface area contributed by atoms with Gasteiger partial charge in [-0.25, -0.2) is 4.98 Å². The quantitative estimate of drug-likeness (QED) is 0.676. The van der Waals surface area contributed by atoms with Gasteiger partial charge >= 0.3 is 0 Å². The largest absolute Gasteiger partial charge is 0.365 e. The molecule has 1 fully saturated rings. The summed E-state index contributed by atoms with van der Waals surface area (Å²) in [6, 6.07) is 21.5. The SMILES string of the molecule is CCC1C(Cc2cncn2C)COC1(c1ccccc1)c1ccccc1. The predicted octanol–water partition coefficient (Wildman–Crippen LogP) is 4.58. The molecule has 134 valence electrons. The fourth-order valence-corrected chi connectivity index (χ4v) is 4.60. The number of nitrogens with zero attached hydrogens (tertiary/aromatic N) is 2. The lowest BCUT2D eigenvalue weighted by Gasteiger charge is -2.37. The zero-order chi connectivity index (χ0) is 18.0. The Bertz CT molecular complexity index is 801. The van der Waals surface area contributed by atoms with Crippen LogP contribution in [-0.2, 0) is 23.8 Å². The molecule has 4 rings (SSSR count). The van der Waals surface area contributed by atoms with Crippen molar-refractivity contribution in [3.8, 4) is 0 Å². The van der Waals surface area contributed by atoms with Gasteiger partial charge in [-0.1, -0.05) is 67.6 Å². The van der Waals surface area contributed by atoms with Crippen molar-refractivity contribution >= 4 is 0 Å². The Morgan fingerprint density at radius 2 is 1.65 bits per heavy atom. The molecular formula is C23H26N2O. The standard InChI is InChI=1S/C23H26N2O/c1-3-22-18(14-21-15-24-17-25(21)2)16-26-23(22,19-10-6-4-7-11-19)20-12-8-5-9-13-20/h4-13,15,17-18,22H,3,14,16H2,1-2H3. The van der Waals surface area contributed by atoms with Crippen LogP contribution in [0.5, 0.6) is 0 Å². The number of hydrogen-bond donors (Lipinski definition) is 0. The van der Waals surface area contributed by atoms with Crippen molar-refractivity contribution in [1.29, 1.82) is 0 Å². The van der Waals surface area contributed by atoms with Crippen molar-refractivity contribution in [3.63, 3.8) is 0 Å². The summed E-state index contributed by atoms with van der Waals surface area (Å²) >= 11 is 0. The second-order valence-corrected chi connectivity index (χ2v) is 7.25. The number of imidazole rings is 1. The summed E-state index contributed by atoms with van der Waals surface area (Å²) in [5, 5.41) is 0. The molecule has 2 atom stereocenters. The lowest BCUT2D eigenvalue weighted by atomic mass is 9.70. The van der Waals surface area contributed by atoms with E-state index >= 15 is 0 Å². The van der Waals surface area contributed by atoms with Crippen LogP contribution in [0.3, 0.4) is 0 Å². The van der Waals surface area contributed by atoms with Crippen LogP contribution >= 0.6 is 0 Å². The maximum absolute atomic E-state index is 6.69. The molecule has 1 aliphatic heterocycles. The zero-order valence-corrected chi connectivity index (χ0v) is 15.5. The molecule has 0 radical (unpaired) electrons. The molecule has 0 amide bonds. The first kappa shape index (κ1) is 17.0. The number of rotatable bonds is 5. The van der Waals surface area contributed by atoms with E-state index in [9.17, 15) is 0 Å². The summed E-state index contributed by atoms with van der Waals surface area (Å²) in [4.78, 5) is 4.29. The van der Waals surface area contributed by atoms with Gasteiger partial charge in [0.25, 0.3) is 0 Å². The van der Waals surface area contributed by atoms with Gasteiger partial charge in [0, 0.05) is 24.9 Å². The first-order valence-corrected chi connectivity index (χ1v) is 9.46. The van der Waals surface area contributed by atoms with Crippen molar-refractivity contribution in [2.45, 2.75) is 25.4 Å². The molecule has 1 saturated heterocycles. The van der Waals surface area contributed by atoms with E-state index in [1.165, 1.54) is 16.8 Å². The van der Waals surface area contributed by atoms with Crippen LogP contribution in [0.2, 0.25) is 0 Å². The summed E-state index contributed by atoms with van der Waals surface area (Å²) < 4.78 is 8.81. The lowest BCUT2D eigenvalue weighted by molar-refractivity contribution is 0.00913. The van der Waals surface area contributed by atoms with Crippen LogP contribution in [0.4, 0.5) is 0 Å². The number of ether oxygens (including phenoxy) is 1. The Balaban J connectivity index is 1.78. The minimum atomic E-state index is -0.374. The van der Waals surface area contributed by atoms with Crippen LogP contribution < -0.4 is 0 Å². The zero-order valence-electron chi connectivity index (χ0n) is 15.5. The van der Waals surface area contributed by atoms with Gasteiger partial charge in [-0.3, -0.25) is 0 Å². The number of aromatic nitrogens is 2. The third-order valence-corrected chi connectivity index (χ3v) is 5.85. The Morgan fingerprint density at radius 3 is 2.15 bits per heavy atom. The van der Waals surface area contributed by atoms with E-state index in [0.717, 1.165) is 19.4 Å². The Kier molecular flexibility index (Phi) is 4.64. The maximum atomic E-state index is 6.69. The molecule has 0 spiro atoms. The summed E-state index contributed by atoms with van der Waals surface area (Å²) in [7, 11) is 2.07. The van der Waals surface area contributed by atoms with Crippen molar-refractivity contribution in [2.75, 3.05) is 6.61 Å². The minimum absolute atomic E-state index is 0.374. The van der Waals surface area contributed by atoms with Crippen LogP contribution in [0.15, 0.2) is 73.2 Å². The summed E-state index contributed by atoms with van der Waals surface area (Å²) in [5.74, 6) is 0.887. The topological polar surface area (TPSA) is 27.1 Å². The monoisotopic (exact) mass is 346 g/mol. The van der Waals surface area contributed by atoms with Gasteiger partial charge < -0.3 is 9.30 Å². The van der Waals surface area contributed by atoms with Gasteiger partial charge in [0.2, 0.25) is 0 Å². The van der Waals surface area contributed by atoms with E-state index in [4.69, 9.17) is 4.74 Å². The molecule has 2 unspecified atom stereocenters. The maximum Gasteiger partial charge on any atom is 0.121 e. The predicted molar refractivity (Wildman–Crippen MR) is 104 cm³/mol. The number of benzene rings is 2. The molecule has 0 bridgehead atoms. The molecule has 1 aromatic heterocycles. The van der Waals surface area contributed by atoms with Crippen LogP contribution in [0.25, 0.3) is 0 Å². The fraction of sp³-hybridized carbons (Fsp3) is 0.348. The highest BCUT2D eigenvalue weighted by atomic mass is 16.5. The van der Waals surface area contributed by atoms with E-state index in [-0.39, 0.29) is 5.60 Å². The van der Waals surface area contributed by atoms with Crippen molar-refractivity contribution in [3.05, 3.63) is 90.0 Å². The smallest absolute Gasteiger partial charge is 0.121 e. The van der Waals surface area contributed by atoms with E-state index < -0.39 is 0 Å². The second kappa shape index (κ2) is 7.08. The summed E-state index contributed by atoms with van der Waals surface area (Å²) in [5.41, 5.74) is 3.41. The van der Waals surface area contributed by atoms with Crippen LogP contribution in [-0.4, -0.2) is 16.2 Å². The third-order valence-electron chi connectivity index (χ3n) is 5.85. The molecule has 0 N–H and O–H groups in total. The normalized spacial score (nSPS) is 21.8. The van der Waals surface area contributed by atoms with Gasteiger partial charge in [0.1, 0.15) is 5.60 Å². The van der Waals surface area contributed by atoms with E-state index in [0.29, 0.717) is 11.8 Å². The number of aryl methyl sites for hydroxylation is 1. The first-order valence-electron chi connectivity index (χ1n) is 9.46. The molecule has 3 aromatic rings. The minimum Gasteiger partial charge on any atom is -0.365 e. The molecule has 3 heteroatoms. The van der Waals surface area contributed by atoms with Crippen LogP contribution in [0, 0.1) is 11.8 Å². The first-order chi connectivity index (χ1) is 12.8. The Hall–Kier alpha value is -2.39. The van der Waals surface area contributed by atoms with E-state index in [2.05, 4.69) is 84.2 Å². The fourth-order valence-electron chi connectivity index (χ4n) is 4.60. The molecule has 26 heavy (non-hydrogen) atoms. The molecule has 0 saturated carbocycles. The second-order valence-electron chi connectivity index (χ2n) is 7.25. The highest BCUT2D eigenvalue weighted by Gasteiger charge is 2.51.